The van der Waals surface area contributed by atoms with Gasteiger partial charge in [0.2, 0.25) is 5.95 Å². The minimum Gasteiger partial charge on any atom is -0.495 e. The Kier molecular flexibility index (Phi) is 9.95. The molecule has 3 N–H and O–H groups in total. The Balaban J connectivity index is 1.94. The van der Waals surface area contributed by atoms with Gasteiger partial charge in [0.1, 0.15) is 29.1 Å². The molecular formula is C29H34ClN6O6P. The van der Waals surface area contributed by atoms with Crippen LogP contribution < -0.4 is 26.0 Å². The molecule has 0 aliphatic rings. The third-order valence-corrected chi connectivity index (χ3v) is 7.39. The number of anilines is 4. The summed E-state index contributed by atoms with van der Waals surface area (Å²) < 4.78 is 23.5. The minimum atomic E-state index is -2.62. The molecular weight excluding hydrogens is 595 g/mol. The number of benzene rings is 2. The number of carbonyl (C=O) groups excluding carboxylic acids is 1. The normalized spacial score (nSPS) is 11.6. The van der Waals surface area contributed by atoms with Crippen LogP contribution >= 0.6 is 18.7 Å². The van der Waals surface area contributed by atoms with E-state index in [9.17, 15) is 19.5 Å². The number of nitrogens with zero attached hydrogens (tertiary/aromatic N) is 3. The number of nitrogens with one attached hydrogen (secondary N) is 3. The summed E-state index contributed by atoms with van der Waals surface area (Å²) in [4.78, 5) is 32.2. The Morgan fingerprint density at radius 1 is 1.09 bits per heavy atom. The highest BCUT2D eigenvalue weighted by Gasteiger charge is 2.24. The highest BCUT2D eigenvalue weighted by atomic mass is 35.5. The van der Waals surface area contributed by atoms with Gasteiger partial charge < -0.3 is 30.0 Å². The Morgan fingerprint density at radius 2 is 1.77 bits per heavy atom. The van der Waals surface area contributed by atoms with Crippen molar-refractivity contribution >= 4 is 59.0 Å². The first kappa shape index (κ1) is 33.2. The van der Waals surface area contributed by atoms with Crippen LogP contribution in [0.5, 0.6) is 5.75 Å². The summed E-state index contributed by atoms with van der Waals surface area (Å²) in [5.41, 5.74) is -1.25. The van der Waals surface area contributed by atoms with Crippen LogP contribution in [-0.2, 0) is 9.30 Å². The Bertz CT molecular complexity index is 1660. The lowest BCUT2D eigenvalue weighted by Crippen LogP contribution is -2.44. The fraction of sp³-hybridized carbons (Fsp3) is 0.345. The lowest BCUT2D eigenvalue weighted by molar-refractivity contribution is -0.385. The number of para-hydroxylation sites is 1. The van der Waals surface area contributed by atoms with E-state index in [0.29, 0.717) is 11.0 Å². The number of halogens is 1. The van der Waals surface area contributed by atoms with Crippen LogP contribution in [0, 0.1) is 22.0 Å². The molecule has 1 aromatic heterocycles. The first-order valence-corrected chi connectivity index (χ1v) is 16.0. The van der Waals surface area contributed by atoms with E-state index in [1.54, 1.807) is 72.2 Å². The highest BCUT2D eigenvalue weighted by molar-refractivity contribution is 7.70. The van der Waals surface area contributed by atoms with Crippen LogP contribution in [0.1, 0.15) is 40.2 Å². The van der Waals surface area contributed by atoms with Crippen LogP contribution in [0.15, 0.2) is 42.6 Å². The van der Waals surface area contributed by atoms with Gasteiger partial charge in [-0.2, -0.15) is 4.98 Å². The standard InChI is InChI=1S/C29H34ClN6O6P/c1-28(2,3)42-27(37)35-29(4,5)14-13-18-15-23(41-6)21(16-22(18)36(38)39)33-26-31-17-19(30)25(34-26)32-20-11-9-10-12-24(20)43(7,8)40/h9-12,15-17H,1-8H3,(H,35,37)(H2,31,32,33,34). The first-order chi connectivity index (χ1) is 19.9. The summed E-state index contributed by atoms with van der Waals surface area (Å²) in [5, 5.41) is 21.5. The molecule has 3 rings (SSSR count). The van der Waals surface area contributed by atoms with Crippen molar-refractivity contribution < 1.29 is 23.8 Å². The van der Waals surface area contributed by atoms with Gasteiger partial charge in [0.05, 0.1) is 35.1 Å². The molecule has 0 unspecified atom stereocenters. The predicted molar refractivity (Wildman–Crippen MR) is 169 cm³/mol. The fourth-order valence-electron chi connectivity index (χ4n) is 3.71. The highest BCUT2D eigenvalue weighted by Crippen LogP contribution is 2.39. The molecule has 0 atom stereocenters. The smallest absolute Gasteiger partial charge is 0.408 e. The van der Waals surface area contributed by atoms with Crippen molar-refractivity contribution in [2.75, 3.05) is 31.1 Å². The van der Waals surface area contributed by atoms with Crippen molar-refractivity contribution in [3.63, 3.8) is 0 Å². The quantitative estimate of drug-likeness (QED) is 0.110. The maximum Gasteiger partial charge on any atom is 0.408 e. The summed E-state index contributed by atoms with van der Waals surface area (Å²) in [6.45, 7) is 11.8. The third kappa shape index (κ3) is 9.33. The van der Waals surface area contributed by atoms with E-state index in [4.69, 9.17) is 21.1 Å². The molecule has 0 spiro atoms. The second kappa shape index (κ2) is 12.9. The number of nitro groups is 1. The maximum absolute atomic E-state index is 12.8. The van der Waals surface area contributed by atoms with Crippen molar-refractivity contribution in [2.24, 2.45) is 0 Å². The van der Waals surface area contributed by atoms with Crippen molar-refractivity contribution in [3.8, 4) is 17.6 Å². The van der Waals surface area contributed by atoms with Gasteiger partial charge in [-0.15, -0.1) is 0 Å². The second-order valence-electron chi connectivity index (χ2n) is 11.3. The van der Waals surface area contributed by atoms with Gasteiger partial charge >= 0.3 is 6.09 Å². The van der Waals surface area contributed by atoms with Crippen LogP contribution in [0.3, 0.4) is 0 Å². The van der Waals surface area contributed by atoms with Crippen LogP contribution in [0.4, 0.5) is 33.6 Å². The molecule has 43 heavy (non-hydrogen) atoms. The average Bonchev–Trinajstić information content (AvgIpc) is 2.87. The number of ether oxygens (including phenoxy) is 2. The number of rotatable bonds is 8. The number of alkyl carbamates (subject to hydrolysis) is 1. The number of methoxy groups -OCH3 is 1. The third-order valence-electron chi connectivity index (χ3n) is 5.57. The zero-order valence-electron chi connectivity index (χ0n) is 25.2. The molecule has 1 amide bonds. The van der Waals surface area contributed by atoms with E-state index in [2.05, 4.69) is 37.8 Å². The predicted octanol–water partition coefficient (Wildman–Crippen LogP) is 6.44. The van der Waals surface area contributed by atoms with Crippen LogP contribution in [0.25, 0.3) is 0 Å². The summed E-state index contributed by atoms with van der Waals surface area (Å²) in [7, 11) is -1.22. The largest absolute Gasteiger partial charge is 0.495 e. The maximum atomic E-state index is 12.8. The van der Waals surface area contributed by atoms with E-state index >= 15 is 0 Å². The monoisotopic (exact) mass is 628 g/mol. The summed E-state index contributed by atoms with van der Waals surface area (Å²) in [6, 6.07) is 9.77. The van der Waals surface area contributed by atoms with E-state index in [1.807, 2.05) is 0 Å². The Morgan fingerprint density at radius 3 is 2.37 bits per heavy atom. The van der Waals surface area contributed by atoms with Gasteiger partial charge in [-0.1, -0.05) is 35.6 Å². The molecule has 14 heteroatoms. The van der Waals surface area contributed by atoms with E-state index in [-0.39, 0.29) is 39.5 Å². The number of aromatic nitrogens is 2. The van der Waals surface area contributed by atoms with Gasteiger partial charge in [-0.25, -0.2) is 9.78 Å². The summed E-state index contributed by atoms with van der Waals surface area (Å²) in [5.74, 6) is 6.15. The SMILES string of the molecule is COc1cc(C#CC(C)(C)NC(=O)OC(C)(C)C)c([N+](=O)[O-])cc1Nc1ncc(Cl)c(Nc2ccccc2P(C)(C)=O)n1. The average molecular weight is 629 g/mol. The molecule has 3 aromatic rings. The van der Waals surface area contributed by atoms with Gasteiger partial charge in [-0.3, -0.25) is 10.1 Å². The Hall–Kier alpha value is -4.33. The first-order valence-electron chi connectivity index (χ1n) is 13.0. The minimum absolute atomic E-state index is 0.0611. The van der Waals surface area contributed by atoms with Gasteiger partial charge in [0.25, 0.3) is 5.69 Å². The number of carbonyl (C=O) groups is 1. The van der Waals surface area contributed by atoms with Crippen molar-refractivity contribution in [1.82, 2.24) is 15.3 Å². The molecule has 0 saturated heterocycles. The lowest BCUT2D eigenvalue weighted by Gasteiger charge is -2.24. The van der Waals surface area contributed by atoms with Gasteiger partial charge in [0.15, 0.2) is 5.82 Å². The number of amides is 1. The molecule has 0 aliphatic heterocycles. The van der Waals surface area contributed by atoms with Gasteiger partial charge in [-0.05, 0) is 60.1 Å². The van der Waals surface area contributed by atoms with E-state index in [0.717, 1.165) is 0 Å². The zero-order valence-corrected chi connectivity index (χ0v) is 26.8. The van der Waals surface area contributed by atoms with E-state index in [1.165, 1.54) is 25.4 Å². The Labute approximate surface area is 255 Å². The molecule has 0 saturated carbocycles. The molecule has 12 nitrogen and oxygen atoms in total. The van der Waals surface area contributed by atoms with Crippen LogP contribution in [0.2, 0.25) is 5.02 Å². The van der Waals surface area contributed by atoms with E-state index < -0.39 is 29.3 Å². The lowest BCUT2D eigenvalue weighted by atomic mass is 10.0. The number of hydrogen-bond acceptors (Lipinski definition) is 10. The van der Waals surface area contributed by atoms with Crippen molar-refractivity contribution in [2.45, 2.75) is 45.8 Å². The van der Waals surface area contributed by atoms with Crippen molar-refractivity contribution in [1.29, 1.82) is 0 Å². The molecule has 0 aliphatic carbocycles. The molecule has 0 fully saturated rings. The molecule has 0 bridgehead atoms. The van der Waals surface area contributed by atoms with Gasteiger partial charge in [0, 0.05) is 17.4 Å². The van der Waals surface area contributed by atoms with Crippen molar-refractivity contribution in [3.05, 3.63) is 63.3 Å². The van der Waals surface area contributed by atoms with Crippen LogP contribution in [-0.4, -0.2) is 52.6 Å². The molecule has 0 radical (unpaired) electrons. The summed E-state index contributed by atoms with van der Waals surface area (Å²) >= 11 is 6.35. The number of nitro benzene ring substituents is 1. The fourth-order valence-corrected chi connectivity index (χ4v) is 5.01. The second-order valence-corrected chi connectivity index (χ2v) is 14.9. The summed E-state index contributed by atoms with van der Waals surface area (Å²) in [6.07, 6.45) is 0.692. The topological polar surface area (TPSA) is 158 Å². The number of hydrogen-bond donors (Lipinski definition) is 3. The zero-order chi connectivity index (χ0) is 32.2. The molecule has 2 aromatic carbocycles. The molecule has 228 valence electrons. The molecule has 1 heterocycles.